The Kier molecular flexibility index (Phi) is 7.83. The van der Waals surface area contributed by atoms with Crippen LogP contribution in [0.2, 0.25) is 5.02 Å². The van der Waals surface area contributed by atoms with Crippen LogP contribution in [-0.4, -0.2) is 67.0 Å². The van der Waals surface area contributed by atoms with E-state index in [1.165, 1.54) is 11.0 Å². The van der Waals surface area contributed by atoms with Crippen molar-refractivity contribution in [2.24, 2.45) is 7.05 Å². The second-order valence-electron chi connectivity index (χ2n) is 9.26. The highest BCUT2D eigenvalue weighted by Gasteiger charge is 2.35. The van der Waals surface area contributed by atoms with Gasteiger partial charge < -0.3 is 25.0 Å². The van der Waals surface area contributed by atoms with E-state index >= 15 is 0 Å². The largest absolute Gasteiger partial charge is 0.477 e. The molecular weight excluding hydrogens is 556 g/mol. The molecule has 206 valence electrons. The molecular formula is C26H25ClN8O4S. The maximum Gasteiger partial charge on any atom is 0.348 e. The number of piperidine rings is 1. The van der Waals surface area contributed by atoms with Gasteiger partial charge in [0.05, 0.1) is 23.8 Å². The molecule has 1 amide bonds. The first-order valence-electron chi connectivity index (χ1n) is 12.3. The maximum absolute atomic E-state index is 13.2. The lowest BCUT2D eigenvalue weighted by atomic mass is 10.0. The maximum atomic E-state index is 13.2. The lowest BCUT2D eigenvalue weighted by Gasteiger charge is -2.38. The molecule has 12 nitrogen and oxygen atoms in total. The predicted molar refractivity (Wildman–Crippen MR) is 147 cm³/mol. The van der Waals surface area contributed by atoms with Gasteiger partial charge in [0.1, 0.15) is 34.2 Å². The standard InChI is InChI=1S/C26H25ClN8O4S/c1-14-19(27)16(10-28)20(31-14)24(36)32-17-8-9-35(11-18(17)39-12-15-6-4-3-5-7-15)26-33-21(22(40-26)25(37)38)23-29-13-30-34(23)2/h3-7,13,17-18,31H,8-9,11-12H2,1-2H3,(H,32,36)(H,37,38)/t17-,18+/m1/s1. The van der Waals surface area contributed by atoms with Crippen LogP contribution in [0.5, 0.6) is 0 Å². The average Bonchev–Trinajstić information content (AvgIpc) is 3.65. The summed E-state index contributed by atoms with van der Waals surface area (Å²) in [6.07, 6.45) is 1.37. The number of H-pyrrole nitrogens is 1. The number of aromatic nitrogens is 5. The highest BCUT2D eigenvalue weighted by Crippen LogP contribution is 2.34. The van der Waals surface area contributed by atoms with Crippen molar-refractivity contribution >= 4 is 39.9 Å². The first-order chi connectivity index (χ1) is 19.3. The summed E-state index contributed by atoms with van der Waals surface area (Å²) in [5, 5.41) is 27.1. The Labute approximate surface area is 238 Å². The van der Waals surface area contributed by atoms with E-state index in [9.17, 15) is 20.0 Å². The van der Waals surface area contributed by atoms with Gasteiger partial charge in [0, 0.05) is 25.8 Å². The summed E-state index contributed by atoms with van der Waals surface area (Å²) in [7, 11) is 1.67. The number of hydrogen-bond acceptors (Lipinski definition) is 9. The number of carboxylic acids is 1. The highest BCUT2D eigenvalue weighted by atomic mass is 35.5. The number of anilines is 1. The second kappa shape index (κ2) is 11.5. The number of aromatic amines is 1. The summed E-state index contributed by atoms with van der Waals surface area (Å²) < 4.78 is 7.78. The molecule has 1 saturated heterocycles. The summed E-state index contributed by atoms with van der Waals surface area (Å²) in [4.78, 5) is 38.9. The van der Waals surface area contributed by atoms with Crippen LogP contribution in [0.3, 0.4) is 0 Å². The molecule has 0 aliphatic carbocycles. The van der Waals surface area contributed by atoms with Crippen molar-refractivity contribution in [3.63, 3.8) is 0 Å². The normalized spacial score (nSPS) is 17.0. The summed E-state index contributed by atoms with van der Waals surface area (Å²) >= 11 is 7.25. The molecule has 1 aromatic carbocycles. The fraction of sp³-hybridized carbons (Fsp3) is 0.308. The van der Waals surface area contributed by atoms with Crippen LogP contribution in [0.15, 0.2) is 36.7 Å². The van der Waals surface area contributed by atoms with Gasteiger partial charge in [0.15, 0.2) is 11.0 Å². The molecule has 5 rings (SSSR count). The Balaban J connectivity index is 1.40. The summed E-state index contributed by atoms with van der Waals surface area (Å²) in [5.41, 5.74) is 1.94. The van der Waals surface area contributed by atoms with Gasteiger partial charge in [-0.05, 0) is 18.9 Å². The summed E-state index contributed by atoms with van der Waals surface area (Å²) in [6, 6.07) is 11.3. The van der Waals surface area contributed by atoms with Crippen LogP contribution in [-0.2, 0) is 18.4 Å². The van der Waals surface area contributed by atoms with Gasteiger partial charge >= 0.3 is 5.97 Å². The van der Waals surface area contributed by atoms with Crippen LogP contribution in [0, 0.1) is 18.3 Å². The Hall–Kier alpha value is -4.25. The van der Waals surface area contributed by atoms with Crippen LogP contribution in [0.25, 0.3) is 11.5 Å². The third-order valence-corrected chi connectivity index (χ3v) is 8.21. The minimum atomic E-state index is -1.10. The number of nitrogens with zero attached hydrogens (tertiary/aromatic N) is 6. The minimum Gasteiger partial charge on any atom is -0.477 e. The SMILES string of the molecule is Cc1[nH]c(C(=O)N[C@@H]2CCN(c3nc(-c4ncnn4C)c(C(=O)O)s3)C[C@@H]2OCc2ccccc2)c(C#N)c1Cl. The van der Waals surface area contributed by atoms with Gasteiger partial charge in [-0.25, -0.2) is 19.4 Å². The molecule has 1 aliphatic heterocycles. The number of carbonyl (C=O) groups is 2. The van der Waals surface area contributed by atoms with Gasteiger partial charge in [0.2, 0.25) is 0 Å². The van der Waals surface area contributed by atoms with E-state index in [0.717, 1.165) is 16.9 Å². The topological polar surface area (TPSA) is 162 Å². The third-order valence-electron chi connectivity index (χ3n) is 6.64. The van der Waals surface area contributed by atoms with Crippen LogP contribution in [0.1, 0.15) is 43.4 Å². The molecule has 0 unspecified atom stereocenters. The molecule has 0 radical (unpaired) electrons. The number of ether oxygens (including phenoxy) is 1. The minimum absolute atomic E-state index is 0.0614. The van der Waals surface area contributed by atoms with Crippen LogP contribution >= 0.6 is 22.9 Å². The second-order valence-corrected chi connectivity index (χ2v) is 10.6. The average molecular weight is 581 g/mol. The van der Waals surface area contributed by atoms with E-state index in [-0.39, 0.29) is 26.9 Å². The number of carbonyl (C=O) groups excluding carboxylic acids is 1. The fourth-order valence-electron chi connectivity index (χ4n) is 4.57. The zero-order valence-electron chi connectivity index (χ0n) is 21.6. The van der Waals surface area contributed by atoms with Gasteiger partial charge in [-0.1, -0.05) is 53.3 Å². The van der Waals surface area contributed by atoms with Gasteiger partial charge in [0.25, 0.3) is 5.91 Å². The molecule has 3 aromatic heterocycles. The third kappa shape index (κ3) is 5.42. The van der Waals surface area contributed by atoms with E-state index in [4.69, 9.17) is 16.3 Å². The van der Waals surface area contributed by atoms with Crippen LogP contribution in [0.4, 0.5) is 5.13 Å². The lowest BCUT2D eigenvalue weighted by molar-refractivity contribution is 0.00967. The monoisotopic (exact) mass is 580 g/mol. The van der Waals surface area contributed by atoms with E-state index in [0.29, 0.717) is 42.8 Å². The molecule has 0 saturated carbocycles. The van der Waals surface area contributed by atoms with Crippen molar-refractivity contribution in [1.29, 1.82) is 5.26 Å². The number of hydrogen-bond donors (Lipinski definition) is 3. The van der Waals surface area contributed by atoms with Crippen LogP contribution < -0.4 is 10.2 Å². The Morgan fingerprint density at radius 2 is 2.12 bits per heavy atom. The smallest absolute Gasteiger partial charge is 0.348 e. The number of aromatic carboxylic acids is 1. The zero-order valence-corrected chi connectivity index (χ0v) is 23.2. The molecule has 4 aromatic rings. The number of halogens is 1. The van der Waals surface area contributed by atoms with Crippen molar-refractivity contribution < 1.29 is 19.4 Å². The Morgan fingerprint density at radius 3 is 2.80 bits per heavy atom. The number of nitriles is 1. The summed E-state index contributed by atoms with van der Waals surface area (Å²) in [6.45, 7) is 2.83. The highest BCUT2D eigenvalue weighted by molar-refractivity contribution is 7.17. The molecule has 1 fully saturated rings. The first kappa shape index (κ1) is 27.3. The van der Waals surface area contributed by atoms with Crippen molar-refractivity contribution in [3.8, 4) is 17.6 Å². The van der Waals surface area contributed by atoms with Gasteiger partial charge in [-0.15, -0.1) is 0 Å². The number of carboxylic acid groups (broad SMARTS) is 1. The van der Waals surface area contributed by atoms with E-state index < -0.39 is 24.0 Å². The molecule has 2 atom stereocenters. The molecule has 40 heavy (non-hydrogen) atoms. The number of benzene rings is 1. The van der Waals surface area contributed by atoms with Crippen molar-refractivity contribution in [3.05, 3.63) is 69.1 Å². The fourth-order valence-corrected chi connectivity index (χ4v) is 5.69. The first-order valence-corrected chi connectivity index (χ1v) is 13.5. The number of thiazole rings is 1. The Bertz CT molecular complexity index is 1590. The molecule has 0 bridgehead atoms. The molecule has 0 spiro atoms. The number of aryl methyl sites for hydroxylation is 2. The number of amides is 1. The zero-order chi connectivity index (χ0) is 28.4. The molecule has 4 heterocycles. The van der Waals surface area contributed by atoms with E-state index in [1.807, 2.05) is 41.3 Å². The quantitative estimate of drug-likeness (QED) is 0.283. The van der Waals surface area contributed by atoms with Crippen molar-refractivity contribution in [1.82, 2.24) is 30.0 Å². The predicted octanol–water partition coefficient (Wildman–Crippen LogP) is 3.39. The van der Waals surface area contributed by atoms with E-state index in [1.54, 1.807) is 14.0 Å². The Morgan fingerprint density at radius 1 is 1.35 bits per heavy atom. The van der Waals surface area contributed by atoms with Crippen molar-refractivity contribution in [2.45, 2.75) is 32.1 Å². The summed E-state index contributed by atoms with van der Waals surface area (Å²) in [5.74, 6) is -1.20. The van der Waals surface area contributed by atoms with E-state index in [2.05, 4.69) is 25.4 Å². The molecule has 14 heteroatoms. The number of nitrogens with one attached hydrogen (secondary N) is 2. The number of rotatable bonds is 8. The molecule has 1 aliphatic rings. The van der Waals surface area contributed by atoms with Gasteiger partial charge in [-0.3, -0.25) is 4.79 Å². The van der Waals surface area contributed by atoms with Crippen molar-refractivity contribution in [2.75, 3.05) is 18.0 Å². The molecule has 3 N–H and O–H groups in total. The lowest BCUT2D eigenvalue weighted by Crippen LogP contribution is -2.55. The van der Waals surface area contributed by atoms with Gasteiger partial charge in [-0.2, -0.15) is 10.4 Å².